The molecule has 0 aromatic heterocycles. The predicted molar refractivity (Wildman–Crippen MR) is 77.8 cm³/mol. The van der Waals surface area contributed by atoms with Gasteiger partial charge < -0.3 is 9.47 Å². The Kier molecular flexibility index (Phi) is 16.8. The Labute approximate surface area is 116 Å². The summed E-state index contributed by atoms with van der Waals surface area (Å²) in [6, 6.07) is 0. The Balaban J connectivity index is 2.85. The van der Waals surface area contributed by atoms with Gasteiger partial charge in [-0.1, -0.05) is 67.3 Å². The third-order valence-corrected chi connectivity index (χ3v) is 3.43. The van der Waals surface area contributed by atoms with Crippen molar-refractivity contribution in [2.45, 2.75) is 64.2 Å². The van der Waals surface area contributed by atoms with Gasteiger partial charge in [-0.05, 0) is 12.8 Å². The minimum absolute atomic E-state index is 0.439. The van der Waals surface area contributed by atoms with E-state index in [-0.39, 0.29) is 0 Å². The van der Waals surface area contributed by atoms with Crippen molar-refractivity contribution >= 4 is 15.9 Å². The lowest BCUT2D eigenvalue weighted by Crippen LogP contribution is -1.98. The molecule has 0 fully saturated rings. The van der Waals surface area contributed by atoms with Gasteiger partial charge in [-0.2, -0.15) is 0 Å². The van der Waals surface area contributed by atoms with E-state index in [1.807, 2.05) is 0 Å². The average Bonchev–Trinajstić information content (AvgIpc) is 2.35. The van der Waals surface area contributed by atoms with Crippen molar-refractivity contribution in [1.82, 2.24) is 0 Å². The van der Waals surface area contributed by atoms with Crippen molar-refractivity contribution in [2.24, 2.45) is 0 Å². The molecule has 0 atom stereocenters. The number of halogens is 1. The van der Waals surface area contributed by atoms with Crippen LogP contribution >= 0.6 is 15.9 Å². The molecule has 0 aliphatic heterocycles. The van der Waals surface area contributed by atoms with Crippen LogP contribution in [0, 0.1) is 0 Å². The van der Waals surface area contributed by atoms with E-state index < -0.39 is 0 Å². The highest BCUT2D eigenvalue weighted by atomic mass is 79.9. The van der Waals surface area contributed by atoms with Crippen LogP contribution < -0.4 is 0 Å². The van der Waals surface area contributed by atoms with Gasteiger partial charge in [0.25, 0.3) is 0 Å². The summed E-state index contributed by atoms with van der Waals surface area (Å²) >= 11 is 3.47. The average molecular weight is 309 g/mol. The van der Waals surface area contributed by atoms with Gasteiger partial charge >= 0.3 is 0 Å². The van der Waals surface area contributed by atoms with Crippen molar-refractivity contribution in [3.63, 3.8) is 0 Å². The van der Waals surface area contributed by atoms with Gasteiger partial charge in [-0.15, -0.1) is 0 Å². The molecule has 3 heteroatoms. The van der Waals surface area contributed by atoms with Gasteiger partial charge in [0.15, 0.2) is 0 Å². The molecule has 0 N–H and O–H groups in total. The third kappa shape index (κ3) is 16.4. The molecule has 2 nitrogen and oxygen atoms in total. The molecular weight excluding hydrogens is 280 g/mol. The zero-order chi connectivity index (χ0) is 12.6. The largest absolute Gasteiger partial charge is 0.359 e. The van der Waals surface area contributed by atoms with Crippen molar-refractivity contribution in [1.29, 1.82) is 0 Å². The number of alkyl halides is 1. The van der Waals surface area contributed by atoms with Crippen LogP contribution in [0.5, 0.6) is 0 Å². The second-order valence-electron chi connectivity index (χ2n) is 4.54. The van der Waals surface area contributed by atoms with E-state index in [4.69, 9.17) is 9.47 Å². The summed E-state index contributed by atoms with van der Waals surface area (Å²) in [7, 11) is 1.66. The third-order valence-electron chi connectivity index (χ3n) is 2.87. The first kappa shape index (κ1) is 17.4. The van der Waals surface area contributed by atoms with E-state index in [0.717, 1.165) is 11.9 Å². The summed E-state index contributed by atoms with van der Waals surface area (Å²) in [6.07, 6.45) is 13.6. The highest BCUT2D eigenvalue weighted by molar-refractivity contribution is 9.09. The molecule has 0 bridgehead atoms. The molecule has 0 unspecified atom stereocenters. The SMILES string of the molecule is COCOCCCCCCCCCCCCBr. The Morgan fingerprint density at radius 3 is 1.65 bits per heavy atom. The van der Waals surface area contributed by atoms with Crippen molar-refractivity contribution in [3.8, 4) is 0 Å². The molecular formula is C14H29BrO2. The van der Waals surface area contributed by atoms with Crippen LogP contribution in [0.4, 0.5) is 0 Å². The van der Waals surface area contributed by atoms with Crippen LogP contribution in [-0.2, 0) is 9.47 Å². The minimum Gasteiger partial charge on any atom is -0.359 e. The topological polar surface area (TPSA) is 18.5 Å². The molecule has 0 heterocycles. The van der Waals surface area contributed by atoms with Gasteiger partial charge in [0, 0.05) is 19.0 Å². The maximum atomic E-state index is 5.24. The van der Waals surface area contributed by atoms with Crippen molar-refractivity contribution < 1.29 is 9.47 Å². The van der Waals surface area contributed by atoms with E-state index in [9.17, 15) is 0 Å². The van der Waals surface area contributed by atoms with E-state index >= 15 is 0 Å². The number of unbranched alkanes of at least 4 members (excludes halogenated alkanes) is 9. The van der Waals surface area contributed by atoms with Crippen LogP contribution in [0.25, 0.3) is 0 Å². The molecule has 104 valence electrons. The number of hydrogen-bond donors (Lipinski definition) is 0. The molecule has 0 rings (SSSR count). The Morgan fingerprint density at radius 2 is 1.18 bits per heavy atom. The Bertz CT molecular complexity index is 117. The van der Waals surface area contributed by atoms with Crippen molar-refractivity contribution in [3.05, 3.63) is 0 Å². The molecule has 0 aliphatic carbocycles. The van der Waals surface area contributed by atoms with Gasteiger partial charge in [0.2, 0.25) is 0 Å². The zero-order valence-corrected chi connectivity index (χ0v) is 13.0. The number of rotatable bonds is 14. The first-order valence-electron chi connectivity index (χ1n) is 7.04. The first-order chi connectivity index (χ1) is 8.41. The fraction of sp³-hybridized carbons (Fsp3) is 1.00. The first-order valence-corrected chi connectivity index (χ1v) is 8.16. The van der Waals surface area contributed by atoms with E-state index in [1.54, 1.807) is 7.11 Å². The lowest BCUT2D eigenvalue weighted by Gasteiger charge is -2.03. The van der Waals surface area contributed by atoms with Gasteiger partial charge in [0.05, 0.1) is 0 Å². The fourth-order valence-corrected chi connectivity index (χ4v) is 2.25. The van der Waals surface area contributed by atoms with E-state index in [2.05, 4.69) is 15.9 Å². The molecule has 0 saturated carbocycles. The van der Waals surface area contributed by atoms with Crippen LogP contribution in [-0.4, -0.2) is 25.8 Å². The Hall–Kier alpha value is 0.400. The van der Waals surface area contributed by atoms with Crippen LogP contribution in [0.1, 0.15) is 64.2 Å². The molecule has 0 aromatic rings. The monoisotopic (exact) mass is 308 g/mol. The molecule has 17 heavy (non-hydrogen) atoms. The van der Waals surface area contributed by atoms with Crippen molar-refractivity contribution in [2.75, 3.05) is 25.8 Å². The van der Waals surface area contributed by atoms with Crippen LogP contribution in [0.3, 0.4) is 0 Å². The second-order valence-corrected chi connectivity index (χ2v) is 5.33. The summed E-state index contributed by atoms with van der Waals surface area (Å²) in [4.78, 5) is 0. The lowest BCUT2D eigenvalue weighted by molar-refractivity contribution is -0.0315. The van der Waals surface area contributed by atoms with Crippen LogP contribution in [0.15, 0.2) is 0 Å². The van der Waals surface area contributed by atoms with E-state index in [0.29, 0.717) is 6.79 Å². The number of ether oxygens (including phenoxy) is 2. The van der Waals surface area contributed by atoms with Gasteiger partial charge in [-0.25, -0.2) is 0 Å². The lowest BCUT2D eigenvalue weighted by atomic mass is 10.1. The highest BCUT2D eigenvalue weighted by Gasteiger charge is 1.93. The summed E-state index contributed by atoms with van der Waals surface area (Å²) in [5, 5.41) is 1.16. The predicted octanol–water partition coefficient (Wildman–Crippen LogP) is 4.90. The standard InChI is InChI=1S/C14H29BrO2/c1-16-14-17-13-11-9-7-5-3-2-4-6-8-10-12-15/h2-14H2,1H3. The summed E-state index contributed by atoms with van der Waals surface area (Å²) in [5.74, 6) is 0. The normalized spacial score (nSPS) is 10.9. The number of hydrogen-bond acceptors (Lipinski definition) is 2. The number of methoxy groups -OCH3 is 1. The Morgan fingerprint density at radius 1 is 0.706 bits per heavy atom. The van der Waals surface area contributed by atoms with E-state index in [1.165, 1.54) is 64.2 Å². The van der Waals surface area contributed by atoms with Gasteiger partial charge in [0.1, 0.15) is 6.79 Å². The molecule has 0 radical (unpaired) electrons. The molecule has 0 amide bonds. The van der Waals surface area contributed by atoms with Crippen LogP contribution in [0.2, 0.25) is 0 Å². The smallest absolute Gasteiger partial charge is 0.146 e. The van der Waals surface area contributed by atoms with Gasteiger partial charge in [-0.3, -0.25) is 0 Å². The molecule has 0 spiro atoms. The highest BCUT2D eigenvalue weighted by Crippen LogP contribution is 2.10. The summed E-state index contributed by atoms with van der Waals surface area (Å²) < 4.78 is 10.1. The summed E-state index contributed by atoms with van der Waals surface area (Å²) in [6.45, 7) is 1.29. The zero-order valence-electron chi connectivity index (χ0n) is 11.4. The second kappa shape index (κ2) is 16.4. The maximum Gasteiger partial charge on any atom is 0.146 e. The molecule has 0 aliphatic rings. The minimum atomic E-state index is 0.439. The maximum absolute atomic E-state index is 5.24. The quantitative estimate of drug-likeness (QED) is 0.258. The fourth-order valence-electron chi connectivity index (χ4n) is 1.86. The molecule has 0 aromatic carbocycles. The molecule has 0 saturated heterocycles. The summed E-state index contributed by atoms with van der Waals surface area (Å²) in [5.41, 5.74) is 0.